The Bertz CT molecular complexity index is 1180. The highest BCUT2D eigenvalue weighted by atomic mass is 32.2. The van der Waals surface area contributed by atoms with Gasteiger partial charge in [0, 0.05) is 38.9 Å². The lowest BCUT2D eigenvalue weighted by Crippen LogP contribution is -2.36. The molecule has 0 aliphatic heterocycles. The molecule has 0 saturated carbocycles. The fourth-order valence-corrected chi connectivity index (χ4v) is 5.02. The molecule has 0 bridgehead atoms. The van der Waals surface area contributed by atoms with Crippen molar-refractivity contribution in [2.24, 2.45) is 7.05 Å². The fraction of sp³-hybridized carbons (Fsp3) is 0.448. The maximum absolute atomic E-state index is 13.0. The summed E-state index contributed by atoms with van der Waals surface area (Å²) in [5.74, 6) is 1.51. The summed E-state index contributed by atoms with van der Waals surface area (Å²) in [6, 6.07) is 11.7. The molecule has 38 heavy (non-hydrogen) atoms. The van der Waals surface area contributed by atoms with Crippen molar-refractivity contribution in [3.8, 4) is 17.0 Å². The zero-order valence-electron chi connectivity index (χ0n) is 24.1. The summed E-state index contributed by atoms with van der Waals surface area (Å²) in [6.45, 7) is 12.6. The van der Waals surface area contributed by atoms with E-state index in [2.05, 4.69) is 10.3 Å². The molecule has 0 saturated heterocycles. The van der Waals surface area contributed by atoms with Crippen molar-refractivity contribution >= 4 is 16.9 Å². The van der Waals surface area contributed by atoms with E-state index in [0.717, 1.165) is 44.4 Å². The number of hydrogen-bond donors (Lipinski definition) is 1. The number of nitrogens with zero attached hydrogens (tertiary/aromatic N) is 3. The van der Waals surface area contributed by atoms with Gasteiger partial charge in [0.2, 0.25) is 5.91 Å². The largest absolute Gasteiger partial charge is 0.497 e. The van der Waals surface area contributed by atoms with E-state index in [4.69, 9.17) is 9.47 Å². The Morgan fingerprint density at radius 3 is 2.26 bits per heavy atom. The van der Waals surface area contributed by atoms with Crippen LogP contribution < -0.4 is 10.1 Å². The summed E-state index contributed by atoms with van der Waals surface area (Å²) < 4.78 is 27.8. The summed E-state index contributed by atoms with van der Waals surface area (Å²) >= 11 is 0. The maximum atomic E-state index is 13.0. The zero-order chi connectivity index (χ0) is 28.4. The molecule has 2 atom stereocenters. The summed E-state index contributed by atoms with van der Waals surface area (Å²) in [7, 11) is 4.03. The molecular formula is C29H42N4O4S. The second-order valence-electron chi connectivity index (χ2n) is 8.90. The number of imidazole rings is 1. The van der Waals surface area contributed by atoms with Gasteiger partial charge in [-0.05, 0) is 56.5 Å². The van der Waals surface area contributed by atoms with Crippen LogP contribution in [0.2, 0.25) is 0 Å². The molecule has 208 valence electrons. The van der Waals surface area contributed by atoms with E-state index in [-0.39, 0.29) is 12.5 Å². The average Bonchev–Trinajstić information content (AvgIpc) is 3.25. The second kappa shape index (κ2) is 14.8. The van der Waals surface area contributed by atoms with Crippen LogP contribution in [0.15, 0.2) is 47.5 Å². The van der Waals surface area contributed by atoms with Gasteiger partial charge in [-0.1, -0.05) is 38.1 Å². The van der Waals surface area contributed by atoms with Gasteiger partial charge >= 0.3 is 0 Å². The van der Waals surface area contributed by atoms with Crippen molar-refractivity contribution in [2.75, 3.05) is 27.3 Å². The van der Waals surface area contributed by atoms with Crippen LogP contribution >= 0.6 is 0 Å². The Morgan fingerprint density at radius 1 is 1.13 bits per heavy atom. The van der Waals surface area contributed by atoms with E-state index >= 15 is 0 Å². The minimum absolute atomic E-state index is 0.190. The molecule has 0 spiro atoms. The summed E-state index contributed by atoms with van der Waals surface area (Å²) in [5.41, 5.74) is 4.78. The predicted octanol–water partition coefficient (Wildman–Crippen LogP) is 4.72. The van der Waals surface area contributed by atoms with Gasteiger partial charge in [0.05, 0.1) is 24.3 Å². The first-order chi connectivity index (χ1) is 18.1. The van der Waals surface area contributed by atoms with Gasteiger partial charge in [0.25, 0.3) is 0 Å². The first-order valence-corrected chi connectivity index (χ1v) is 14.0. The zero-order valence-corrected chi connectivity index (χ0v) is 24.9. The molecule has 3 rings (SSSR count). The van der Waals surface area contributed by atoms with E-state index in [1.807, 2.05) is 88.8 Å². The third-order valence-corrected chi connectivity index (χ3v) is 7.84. The third kappa shape index (κ3) is 8.24. The van der Waals surface area contributed by atoms with E-state index < -0.39 is 17.1 Å². The van der Waals surface area contributed by atoms with Gasteiger partial charge in [-0.3, -0.25) is 4.79 Å². The fourth-order valence-electron chi connectivity index (χ4n) is 3.80. The third-order valence-electron chi connectivity index (χ3n) is 6.10. The molecule has 1 heterocycles. The number of rotatable bonds is 11. The highest BCUT2D eigenvalue weighted by Crippen LogP contribution is 2.25. The van der Waals surface area contributed by atoms with Crippen LogP contribution in [0, 0.1) is 20.8 Å². The standard InChI is InChI=1S/C27H36N4O4S.C2H6/c1-18-14-24(34-7)15-19(2)26(18)36(33)31(6)12-13-35-20(3)27(32)28-16-22-8-10-23(11-9-22)25-17-30(5)21(4)29-25;1-2/h8-11,14-15,17,20H,12-13,16H2,1-7H3,(H,28,32);1-2H3. The van der Waals surface area contributed by atoms with E-state index in [0.29, 0.717) is 13.1 Å². The summed E-state index contributed by atoms with van der Waals surface area (Å²) in [5, 5.41) is 2.91. The summed E-state index contributed by atoms with van der Waals surface area (Å²) in [4.78, 5) is 17.8. The average molecular weight is 543 g/mol. The molecule has 0 aliphatic carbocycles. The second-order valence-corrected chi connectivity index (χ2v) is 10.4. The lowest BCUT2D eigenvalue weighted by Gasteiger charge is -2.20. The topological polar surface area (TPSA) is 85.7 Å². The quantitative estimate of drug-likeness (QED) is 0.379. The number of aromatic nitrogens is 2. The molecule has 0 fully saturated rings. The molecule has 2 unspecified atom stereocenters. The van der Waals surface area contributed by atoms with Gasteiger partial charge in [0.15, 0.2) is 0 Å². The Labute approximate surface area is 230 Å². The van der Waals surface area contributed by atoms with Crippen molar-refractivity contribution in [3.63, 3.8) is 0 Å². The number of nitrogens with one attached hydrogen (secondary N) is 1. The van der Waals surface area contributed by atoms with Crippen molar-refractivity contribution in [1.29, 1.82) is 0 Å². The lowest BCUT2D eigenvalue weighted by atomic mass is 10.1. The summed E-state index contributed by atoms with van der Waals surface area (Å²) in [6.07, 6.45) is 1.38. The molecule has 8 nitrogen and oxygen atoms in total. The number of carbonyl (C=O) groups is 1. The Hall–Kier alpha value is -3.01. The van der Waals surface area contributed by atoms with Crippen molar-refractivity contribution < 1.29 is 18.5 Å². The lowest BCUT2D eigenvalue weighted by molar-refractivity contribution is -0.131. The van der Waals surface area contributed by atoms with Gasteiger partial charge in [-0.15, -0.1) is 0 Å². The number of aryl methyl sites for hydroxylation is 4. The molecule has 1 amide bonds. The smallest absolute Gasteiger partial charge is 0.249 e. The normalized spacial score (nSPS) is 12.5. The monoisotopic (exact) mass is 542 g/mol. The van der Waals surface area contributed by atoms with Crippen LogP contribution in [-0.2, 0) is 34.1 Å². The van der Waals surface area contributed by atoms with Gasteiger partial charge in [-0.2, -0.15) is 0 Å². The number of carbonyl (C=O) groups excluding carboxylic acids is 1. The highest BCUT2D eigenvalue weighted by Gasteiger charge is 2.18. The Kier molecular flexibility index (Phi) is 12.2. The van der Waals surface area contributed by atoms with Gasteiger partial charge in [0.1, 0.15) is 28.7 Å². The SMILES string of the molecule is CC.COc1cc(C)c(S(=O)N(C)CCOC(C)C(=O)NCc2ccc(-c3cn(C)c(C)n3)cc2)c(C)c1. The number of benzene rings is 2. The molecule has 9 heteroatoms. The molecule has 0 radical (unpaired) electrons. The molecule has 3 aromatic rings. The van der Waals surface area contributed by atoms with Crippen molar-refractivity contribution in [2.45, 2.75) is 59.1 Å². The van der Waals surface area contributed by atoms with Gasteiger partial charge < -0.3 is 19.4 Å². The molecular weight excluding hydrogens is 500 g/mol. The number of ether oxygens (including phenoxy) is 2. The predicted molar refractivity (Wildman–Crippen MR) is 153 cm³/mol. The molecule has 0 aliphatic rings. The minimum atomic E-state index is -1.34. The van der Waals surface area contributed by atoms with Crippen LogP contribution in [0.4, 0.5) is 0 Å². The first-order valence-electron chi connectivity index (χ1n) is 12.9. The number of hydrogen-bond acceptors (Lipinski definition) is 5. The highest BCUT2D eigenvalue weighted by molar-refractivity contribution is 7.82. The van der Waals surface area contributed by atoms with E-state index in [1.165, 1.54) is 0 Å². The van der Waals surface area contributed by atoms with Crippen LogP contribution in [0.1, 0.15) is 43.3 Å². The first kappa shape index (κ1) is 31.2. The van der Waals surface area contributed by atoms with Crippen LogP contribution in [-0.4, -0.2) is 57.4 Å². The Morgan fingerprint density at radius 2 is 1.74 bits per heavy atom. The maximum Gasteiger partial charge on any atom is 0.249 e. The Balaban J connectivity index is 0.00000247. The van der Waals surface area contributed by atoms with Crippen molar-refractivity contribution in [1.82, 2.24) is 19.2 Å². The van der Waals surface area contributed by atoms with E-state index in [9.17, 15) is 9.00 Å². The van der Waals surface area contributed by atoms with Crippen LogP contribution in [0.3, 0.4) is 0 Å². The van der Waals surface area contributed by atoms with E-state index in [1.54, 1.807) is 25.4 Å². The molecule has 2 aromatic carbocycles. The number of amides is 1. The number of methoxy groups -OCH3 is 1. The van der Waals surface area contributed by atoms with Crippen molar-refractivity contribution in [3.05, 3.63) is 65.1 Å². The van der Waals surface area contributed by atoms with Crippen LogP contribution in [0.25, 0.3) is 11.3 Å². The minimum Gasteiger partial charge on any atom is -0.497 e. The molecule has 1 N–H and O–H groups in total. The number of likely N-dealkylation sites (N-methyl/N-ethyl adjacent to an activating group) is 1. The van der Waals surface area contributed by atoms with Crippen LogP contribution in [0.5, 0.6) is 5.75 Å². The molecule has 1 aromatic heterocycles. The van der Waals surface area contributed by atoms with Gasteiger partial charge in [-0.25, -0.2) is 13.5 Å².